The molecule has 1 aliphatic rings. The smallest absolute Gasteiger partial charge is 0.104 e. The van der Waals surface area contributed by atoms with E-state index in [1.807, 2.05) is 18.5 Å². The van der Waals surface area contributed by atoms with Gasteiger partial charge in [-0.05, 0) is 18.2 Å². The molecule has 0 saturated heterocycles. The molecule has 0 aliphatic carbocycles. The van der Waals surface area contributed by atoms with Crippen LogP contribution in [0, 0.1) is 0 Å². The summed E-state index contributed by atoms with van der Waals surface area (Å²) >= 11 is 1.78. The molecule has 2 aromatic heterocycles. The molecular weight excluding hydrogens is 218 g/mol. The van der Waals surface area contributed by atoms with E-state index in [4.69, 9.17) is 0 Å². The van der Waals surface area contributed by atoms with Crippen LogP contribution in [0.3, 0.4) is 0 Å². The highest BCUT2D eigenvalue weighted by Crippen LogP contribution is 2.45. The van der Waals surface area contributed by atoms with Gasteiger partial charge in [0.2, 0.25) is 0 Å². The summed E-state index contributed by atoms with van der Waals surface area (Å²) in [6.45, 7) is 0. The third kappa shape index (κ3) is 0.945. The lowest BCUT2D eigenvalue weighted by Gasteiger charge is -2.13. The van der Waals surface area contributed by atoms with Gasteiger partial charge in [-0.2, -0.15) is 5.10 Å². The van der Waals surface area contributed by atoms with Crippen molar-refractivity contribution in [1.82, 2.24) is 15.2 Å². The maximum absolute atomic E-state index is 4.39. The second kappa shape index (κ2) is 2.86. The van der Waals surface area contributed by atoms with Crippen LogP contribution in [0.4, 0.5) is 0 Å². The Morgan fingerprint density at radius 2 is 2.12 bits per heavy atom. The van der Waals surface area contributed by atoms with Crippen LogP contribution in [0.25, 0.3) is 22.2 Å². The molecule has 4 rings (SSSR count). The topological polar surface area (TPSA) is 41.6 Å². The number of H-pyrrole nitrogens is 1. The van der Waals surface area contributed by atoms with Crippen molar-refractivity contribution in [3.05, 3.63) is 36.7 Å². The fourth-order valence-corrected chi connectivity index (χ4v) is 3.17. The molecule has 0 fully saturated rings. The molecule has 16 heavy (non-hydrogen) atoms. The minimum atomic E-state index is 1.02. The van der Waals surface area contributed by atoms with Crippen molar-refractivity contribution >= 4 is 22.7 Å². The van der Waals surface area contributed by atoms with Crippen LogP contribution in [0.15, 0.2) is 46.5 Å². The maximum Gasteiger partial charge on any atom is 0.104 e. The first-order valence-electron chi connectivity index (χ1n) is 5.03. The van der Waals surface area contributed by atoms with Gasteiger partial charge in [0.05, 0.1) is 5.52 Å². The highest BCUT2D eigenvalue weighted by atomic mass is 32.2. The predicted molar refractivity (Wildman–Crippen MR) is 63.4 cm³/mol. The molecule has 0 radical (unpaired) electrons. The quantitative estimate of drug-likeness (QED) is 0.500. The van der Waals surface area contributed by atoms with Gasteiger partial charge < -0.3 is 0 Å². The fraction of sp³-hybridized carbons (Fsp3) is 0. The van der Waals surface area contributed by atoms with Crippen molar-refractivity contribution in [3.63, 3.8) is 0 Å². The zero-order valence-electron chi connectivity index (χ0n) is 8.27. The Labute approximate surface area is 95.9 Å². The van der Waals surface area contributed by atoms with Crippen molar-refractivity contribution in [2.24, 2.45) is 0 Å². The summed E-state index contributed by atoms with van der Waals surface area (Å²) in [6.07, 6.45) is 3.71. The molecular formula is C12H7N3S. The van der Waals surface area contributed by atoms with E-state index in [2.05, 4.69) is 33.4 Å². The molecule has 1 N–H and O–H groups in total. The number of pyridine rings is 1. The zero-order chi connectivity index (χ0) is 10.5. The summed E-state index contributed by atoms with van der Waals surface area (Å²) in [7, 11) is 0. The average Bonchev–Trinajstić information content (AvgIpc) is 2.76. The molecule has 3 nitrogen and oxygen atoms in total. The lowest BCUT2D eigenvalue weighted by molar-refractivity contribution is 1.11. The highest BCUT2D eigenvalue weighted by molar-refractivity contribution is 7.99. The van der Waals surface area contributed by atoms with E-state index in [1.54, 1.807) is 11.8 Å². The minimum absolute atomic E-state index is 1.02. The van der Waals surface area contributed by atoms with Gasteiger partial charge in [-0.3, -0.25) is 10.1 Å². The third-order valence-corrected chi connectivity index (χ3v) is 3.94. The highest BCUT2D eigenvalue weighted by Gasteiger charge is 2.21. The minimum Gasteiger partial charge on any atom is -0.277 e. The summed E-state index contributed by atoms with van der Waals surface area (Å²) in [5.41, 5.74) is 3.24. The van der Waals surface area contributed by atoms with Crippen LogP contribution >= 0.6 is 11.8 Å². The van der Waals surface area contributed by atoms with E-state index in [9.17, 15) is 0 Å². The van der Waals surface area contributed by atoms with E-state index in [0.29, 0.717) is 0 Å². The summed E-state index contributed by atoms with van der Waals surface area (Å²) in [6, 6.07) is 8.28. The van der Waals surface area contributed by atoms with Crippen LogP contribution in [0.2, 0.25) is 0 Å². The Morgan fingerprint density at radius 3 is 3.12 bits per heavy atom. The second-order valence-electron chi connectivity index (χ2n) is 3.72. The molecule has 76 valence electrons. The number of hydrogen-bond acceptors (Lipinski definition) is 3. The normalized spacial score (nSPS) is 12.8. The number of rotatable bonds is 0. The van der Waals surface area contributed by atoms with E-state index in [1.165, 1.54) is 15.2 Å². The van der Waals surface area contributed by atoms with Gasteiger partial charge in [-0.1, -0.05) is 17.8 Å². The Morgan fingerprint density at radius 1 is 1.12 bits per heavy atom. The first-order chi connectivity index (χ1) is 7.93. The fourth-order valence-electron chi connectivity index (χ4n) is 2.09. The van der Waals surface area contributed by atoms with Crippen molar-refractivity contribution in [3.8, 4) is 11.3 Å². The average molecular weight is 225 g/mol. The number of aromatic nitrogens is 3. The van der Waals surface area contributed by atoms with Crippen LogP contribution in [0.1, 0.15) is 0 Å². The molecule has 1 aliphatic heterocycles. The molecule has 0 unspecified atom stereocenters. The third-order valence-electron chi connectivity index (χ3n) is 2.81. The van der Waals surface area contributed by atoms with Crippen molar-refractivity contribution in [2.45, 2.75) is 9.79 Å². The summed E-state index contributed by atoms with van der Waals surface area (Å²) in [5.74, 6) is 0. The van der Waals surface area contributed by atoms with E-state index in [0.717, 1.165) is 16.8 Å². The SMILES string of the molecule is c1cc2c3c(n[nH]c3c1)-c1cnccc1S2. The van der Waals surface area contributed by atoms with Crippen LogP contribution in [-0.2, 0) is 0 Å². The van der Waals surface area contributed by atoms with Gasteiger partial charge in [0, 0.05) is 33.1 Å². The van der Waals surface area contributed by atoms with Crippen molar-refractivity contribution in [1.29, 1.82) is 0 Å². The molecule has 0 atom stereocenters. The number of aromatic amines is 1. The van der Waals surface area contributed by atoms with Gasteiger partial charge in [-0.15, -0.1) is 0 Å². The lowest BCUT2D eigenvalue weighted by Crippen LogP contribution is -1.90. The van der Waals surface area contributed by atoms with Crippen LogP contribution < -0.4 is 0 Å². The molecule has 0 amide bonds. The van der Waals surface area contributed by atoms with Gasteiger partial charge in [0.15, 0.2) is 0 Å². The molecule has 4 heteroatoms. The van der Waals surface area contributed by atoms with Gasteiger partial charge in [0.1, 0.15) is 5.69 Å². The summed E-state index contributed by atoms with van der Waals surface area (Å²) in [5, 5.41) is 8.67. The molecule has 0 spiro atoms. The molecule has 1 aromatic carbocycles. The Kier molecular flexibility index (Phi) is 1.49. The van der Waals surface area contributed by atoms with Crippen molar-refractivity contribution < 1.29 is 0 Å². The number of hydrogen-bond donors (Lipinski definition) is 1. The monoisotopic (exact) mass is 225 g/mol. The molecule has 0 saturated carbocycles. The number of benzene rings is 1. The largest absolute Gasteiger partial charge is 0.277 e. The first kappa shape index (κ1) is 8.35. The van der Waals surface area contributed by atoms with E-state index >= 15 is 0 Å². The Bertz CT molecular complexity index is 702. The molecule has 0 bridgehead atoms. The van der Waals surface area contributed by atoms with Crippen LogP contribution in [0.5, 0.6) is 0 Å². The van der Waals surface area contributed by atoms with Gasteiger partial charge in [0.25, 0.3) is 0 Å². The number of nitrogens with one attached hydrogen (secondary N) is 1. The second-order valence-corrected chi connectivity index (χ2v) is 4.81. The first-order valence-corrected chi connectivity index (χ1v) is 5.84. The van der Waals surface area contributed by atoms with E-state index in [-0.39, 0.29) is 0 Å². The number of fused-ring (bicyclic) bond motifs is 2. The van der Waals surface area contributed by atoms with Gasteiger partial charge in [-0.25, -0.2) is 0 Å². The molecule has 3 aromatic rings. The maximum atomic E-state index is 4.39. The summed E-state index contributed by atoms with van der Waals surface area (Å²) in [4.78, 5) is 6.66. The van der Waals surface area contributed by atoms with E-state index < -0.39 is 0 Å². The standard InChI is InChI=1S/C12H7N3S/c1-2-8-11-10(3-1)16-9-4-5-13-6-7(9)12(11)15-14-8/h1-6H,(H,14,15). The predicted octanol–water partition coefficient (Wildman–Crippen LogP) is 3.09. The number of nitrogens with zero attached hydrogens (tertiary/aromatic N) is 2. The molecule has 3 heterocycles. The zero-order valence-corrected chi connectivity index (χ0v) is 9.08. The lowest BCUT2D eigenvalue weighted by atomic mass is 10.1. The summed E-state index contributed by atoms with van der Waals surface area (Å²) < 4.78 is 0. The van der Waals surface area contributed by atoms with Crippen molar-refractivity contribution in [2.75, 3.05) is 0 Å². The Balaban J connectivity index is 2.21. The van der Waals surface area contributed by atoms with Crippen LogP contribution in [-0.4, -0.2) is 15.2 Å². The van der Waals surface area contributed by atoms with Gasteiger partial charge >= 0.3 is 0 Å². The Hall–Kier alpha value is -1.81.